The van der Waals surface area contributed by atoms with Crippen LogP contribution in [-0.2, 0) is 0 Å². The first-order valence-corrected chi connectivity index (χ1v) is 5.44. The molecule has 0 aromatic heterocycles. The lowest BCUT2D eigenvalue weighted by Gasteiger charge is -2.27. The molecule has 15 heavy (non-hydrogen) atoms. The molecule has 84 valence electrons. The molecule has 0 atom stereocenters. The maximum atomic E-state index is 9.68. The average molecular weight is 248 g/mol. The zero-order chi connectivity index (χ0) is 11.6. The SMILES string of the molecule is CN(CC(C)(C)O)c1ccc(Cl)cc1Cl. The van der Waals surface area contributed by atoms with Crippen molar-refractivity contribution in [2.24, 2.45) is 0 Å². The molecule has 0 saturated heterocycles. The Balaban J connectivity index is 2.87. The molecule has 1 aromatic carbocycles. The Morgan fingerprint density at radius 1 is 1.33 bits per heavy atom. The molecule has 4 heteroatoms. The lowest BCUT2D eigenvalue weighted by molar-refractivity contribution is 0.0886. The van der Waals surface area contributed by atoms with E-state index in [0.717, 1.165) is 5.69 Å². The van der Waals surface area contributed by atoms with Gasteiger partial charge in [0.2, 0.25) is 0 Å². The summed E-state index contributed by atoms with van der Waals surface area (Å²) in [5, 5.41) is 10.9. The zero-order valence-corrected chi connectivity index (χ0v) is 10.6. The number of halogens is 2. The second-order valence-corrected chi connectivity index (χ2v) is 5.11. The molecule has 1 N–H and O–H groups in total. The first-order chi connectivity index (χ1) is 6.79. The topological polar surface area (TPSA) is 23.5 Å². The van der Waals surface area contributed by atoms with Crippen molar-refractivity contribution >= 4 is 28.9 Å². The van der Waals surface area contributed by atoms with Crippen LogP contribution in [0.15, 0.2) is 18.2 Å². The lowest BCUT2D eigenvalue weighted by atomic mass is 10.1. The van der Waals surface area contributed by atoms with Crippen molar-refractivity contribution < 1.29 is 5.11 Å². The number of hydrogen-bond donors (Lipinski definition) is 1. The Labute approximate surface area is 100 Å². The molecule has 1 aromatic rings. The van der Waals surface area contributed by atoms with Gasteiger partial charge in [-0.25, -0.2) is 0 Å². The number of benzene rings is 1. The normalized spacial score (nSPS) is 11.6. The van der Waals surface area contributed by atoms with Gasteiger partial charge in [-0.3, -0.25) is 0 Å². The predicted molar refractivity (Wildman–Crippen MR) is 66.0 cm³/mol. The van der Waals surface area contributed by atoms with Crippen molar-refractivity contribution in [1.29, 1.82) is 0 Å². The molecule has 0 aliphatic carbocycles. The van der Waals surface area contributed by atoms with Crippen molar-refractivity contribution in [3.8, 4) is 0 Å². The molecule has 0 bridgehead atoms. The van der Waals surface area contributed by atoms with E-state index in [-0.39, 0.29) is 0 Å². The fraction of sp³-hybridized carbons (Fsp3) is 0.455. The Morgan fingerprint density at radius 2 is 1.93 bits per heavy atom. The third-order valence-electron chi connectivity index (χ3n) is 1.95. The fourth-order valence-electron chi connectivity index (χ4n) is 1.46. The second-order valence-electron chi connectivity index (χ2n) is 4.26. The zero-order valence-electron chi connectivity index (χ0n) is 9.09. The van der Waals surface area contributed by atoms with Crippen molar-refractivity contribution in [2.75, 3.05) is 18.5 Å². The van der Waals surface area contributed by atoms with E-state index < -0.39 is 5.60 Å². The van der Waals surface area contributed by atoms with Crippen LogP contribution in [0.5, 0.6) is 0 Å². The van der Waals surface area contributed by atoms with Gasteiger partial charge in [0, 0.05) is 18.6 Å². The van der Waals surface area contributed by atoms with Gasteiger partial charge in [-0.05, 0) is 32.0 Å². The third-order valence-corrected chi connectivity index (χ3v) is 2.48. The van der Waals surface area contributed by atoms with Crippen molar-refractivity contribution in [3.05, 3.63) is 28.2 Å². The Kier molecular flexibility index (Phi) is 3.87. The first kappa shape index (κ1) is 12.6. The van der Waals surface area contributed by atoms with Crippen LogP contribution >= 0.6 is 23.2 Å². The van der Waals surface area contributed by atoms with Gasteiger partial charge in [0.15, 0.2) is 0 Å². The Bertz CT molecular complexity index is 347. The number of rotatable bonds is 3. The molecule has 0 amide bonds. The van der Waals surface area contributed by atoms with Gasteiger partial charge in [0.25, 0.3) is 0 Å². The van der Waals surface area contributed by atoms with E-state index in [9.17, 15) is 5.11 Å². The van der Waals surface area contributed by atoms with Crippen LogP contribution in [0.1, 0.15) is 13.8 Å². The van der Waals surface area contributed by atoms with E-state index in [2.05, 4.69) is 0 Å². The number of hydrogen-bond acceptors (Lipinski definition) is 2. The Morgan fingerprint density at radius 3 is 2.40 bits per heavy atom. The molecule has 2 nitrogen and oxygen atoms in total. The molecule has 1 rings (SSSR count). The molecule has 0 aliphatic heterocycles. The van der Waals surface area contributed by atoms with Crippen LogP contribution in [0.4, 0.5) is 5.69 Å². The summed E-state index contributed by atoms with van der Waals surface area (Å²) in [7, 11) is 1.88. The van der Waals surface area contributed by atoms with Crippen LogP contribution in [0, 0.1) is 0 Å². The molecule has 0 saturated carbocycles. The van der Waals surface area contributed by atoms with Gasteiger partial charge in [0.1, 0.15) is 0 Å². The van der Waals surface area contributed by atoms with E-state index in [0.29, 0.717) is 16.6 Å². The minimum atomic E-state index is -0.752. The van der Waals surface area contributed by atoms with Crippen LogP contribution in [0.25, 0.3) is 0 Å². The Hall–Kier alpha value is -0.440. The average Bonchev–Trinajstić information content (AvgIpc) is 1.99. The highest BCUT2D eigenvalue weighted by Gasteiger charge is 2.17. The number of nitrogens with zero attached hydrogens (tertiary/aromatic N) is 1. The standard InChI is InChI=1S/C11H15Cl2NO/c1-11(2,15)7-14(3)10-5-4-8(12)6-9(10)13/h4-6,15H,7H2,1-3H3. The summed E-state index contributed by atoms with van der Waals surface area (Å²) in [6.45, 7) is 4.02. The molecular formula is C11H15Cl2NO. The van der Waals surface area contributed by atoms with Crippen LogP contribution in [0.3, 0.4) is 0 Å². The minimum absolute atomic E-state index is 0.508. The predicted octanol–water partition coefficient (Wildman–Crippen LogP) is 3.20. The molecule has 0 unspecified atom stereocenters. The number of anilines is 1. The van der Waals surface area contributed by atoms with Gasteiger partial charge >= 0.3 is 0 Å². The molecule has 0 spiro atoms. The van der Waals surface area contributed by atoms with Crippen molar-refractivity contribution in [2.45, 2.75) is 19.4 Å². The summed E-state index contributed by atoms with van der Waals surface area (Å²) < 4.78 is 0. The van der Waals surface area contributed by atoms with E-state index in [1.54, 1.807) is 26.0 Å². The van der Waals surface area contributed by atoms with E-state index >= 15 is 0 Å². The summed E-state index contributed by atoms with van der Waals surface area (Å²) in [4.78, 5) is 1.90. The van der Waals surface area contributed by atoms with Gasteiger partial charge in [-0.1, -0.05) is 23.2 Å². The number of likely N-dealkylation sites (N-methyl/N-ethyl adjacent to an activating group) is 1. The van der Waals surface area contributed by atoms with Gasteiger partial charge in [0.05, 0.1) is 16.3 Å². The van der Waals surface area contributed by atoms with Crippen LogP contribution < -0.4 is 4.90 Å². The third kappa shape index (κ3) is 3.90. The highest BCUT2D eigenvalue weighted by atomic mass is 35.5. The first-order valence-electron chi connectivity index (χ1n) is 4.68. The maximum absolute atomic E-state index is 9.68. The number of aliphatic hydroxyl groups is 1. The highest BCUT2D eigenvalue weighted by molar-refractivity contribution is 6.36. The summed E-state index contributed by atoms with van der Waals surface area (Å²) in [5.74, 6) is 0. The molecule has 0 heterocycles. The van der Waals surface area contributed by atoms with Gasteiger partial charge in [-0.2, -0.15) is 0 Å². The summed E-state index contributed by atoms with van der Waals surface area (Å²) in [5.41, 5.74) is 0.112. The summed E-state index contributed by atoms with van der Waals surface area (Å²) in [6.07, 6.45) is 0. The van der Waals surface area contributed by atoms with E-state index in [4.69, 9.17) is 23.2 Å². The lowest BCUT2D eigenvalue weighted by Crippen LogP contribution is -2.36. The molecule has 0 fully saturated rings. The van der Waals surface area contributed by atoms with Gasteiger partial charge in [-0.15, -0.1) is 0 Å². The largest absolute Gasteiger partial charge is 0.389 e. The molecule has 0 radical (unpaired) electrons. The van der Waals surface area contributed by atoms with E-state index in [1.165, 1.54) is 0 Å². The minimum Gasteiger partial charge on any atom is -0.389 e. The second kappa shape index (κ2) is 4.60. The van der Waals surface area contributed by atoms with Crippen LogP contribution in [0.2, 0.25) is 10.0 Å². The highest BCUT2D eigenvalue weighted by Crippen LogP contribution is 2.28. The van der Waals surface area contributed by atoms with E-state index in [1.807, 2.05) is 18.0 Å². The van der Waals surface area contributed by atoms with Crippen molar-refractivity contribution in [1.82, 2.24) is 0 Å². The quantitative estimate of drug-likeness (QED) is 0.887. The fourth-order valence-corrected chi connectivity index (χ4v) is 2.01. The summed E-state index contributed by atoms with van der Waals surface area (Å²) >= 11 is 11.8. The molecular weight excluding hydrogens is 233 g/mol. The van der Waals surface area contributed by atoms with Crippen LogP contribution in [-0.4, -0.2) is 24.3 Å². The van der Waals surface area contributed by atoms with Crippen molar-refractivity contribution in [3.63, 3.8) is 0 Å². The smallest absolute Gasteiger partial charge is 0.0765 e. The molecule has 0 aliphatic rings. The van der Waals surface area contributed by atoms with Gasteiger partial charge < -0.3 is 10.0 Å². The summed E-state index contributed by atoms with van der Waals surface area (Å²) in [6, 6.07) is 5.32. The monoisotopic (exact) mass is 247 g/mol. The maximum Gasteiger partial charge on any atom is 0.0765 e.